The average Bonchev–Trinajstić information content (AvgIpc) is 2.42. The highest BCUT2D eigenvalue weighted by atomic mass is 14.9. The fourth-order valence-corrected chi connectivity index (χ4v) is 2.64. The lowest BCUT2D eigenvalue weighted by Crippen LogP contribution is -2.25. The number of aryl methyl sites for hydroxylation is 2. The van der Waals surface area contributed by atoms with E-state index < -0.39 is 0 Å². The van der Waals surface area contributed by atoms with E-state index in [4.69, 9.17) is 0 Å². The largest absolute Gasteiger partial charge is 0.317 e. The summed E-state index contributed by atoms with van der Waals surface area (Å²) in [5.74, 6) is 0. The summed E-state index contributed by atoms with van der Waals surface area (Å²) < 4.78 is 0. The zero-order chi connectivity index (χ0) is 13.9. The average molecular weight is 261 g/mol. The Labute approximate surface area is 119 Å². The number of benzene rings is 1. The SMILES string of the molecule is CCCCCCCC(CCc1cccc(C)c1)NC. The van der Waals surface area contributed by atoms with Gasteiger partial charge in [-0.2, -0.15) is 0 Å². The first-order valence-electron chi connectivity index (χ1n) is 7.99. The van der Waals surface area contributed by atoms with Crippen LogP contribution < -0.4 is 5.32 Å². The van der Waals surface area contributed by atoms with Gasteiger partial charge in [-0.15, -0.1) is 0 Å². The van der Waals surface area contributed by atoms with Crippen molar-refractivity contribution < 1.29 is 0 Å². The molecule has 1 aromatic carbocycles. The molecular weight excluding hydrogens is 230 g/mol. The molecule has 0 aromatic heterocycles. The quantitative estimate of drug-likeness (QED) is 0.592. The van der Waals surface area contributed by atoms with Gasteiger partial charge >= 0.3 is 0 Å². The summed E-state index contributed by atoms with van der Waals surface area (Å²) in [5, 5.41) is 3.48. The number of rotatable bonds is 10. The third-order valence-electron chi connectivity index (χ3n) is 3.93. The normalized spacial score (nSPS) is 12.6. The summed E-state index contributed by atoms with van der Waals surface area (Å²) in [4.78, 5) is 0. The molecule has 0 amide bonds. The monoisotopic (exact) mass is 261 g/mol. The maximum absolute atomic E-state index is 3.48. The third-order valence-corrected chi connectivity index (χ3v) is 3.93. The van der Waals surface area contributed by atoms with Gasteiger partial charge in [-0.1, -0.05) is 68.9 Å². The number of hydrogen-bond acceptors (Lipinski definition) is 1. The highest BCUT2D eigenvalue weighted by Crippen LogP contribution is 2.13. The molecule has 0 radical (unpaired) electrons. The lowest BCUT2D eigenvalue weighted by atomic mass is 9.99. The second-order valence-electron chi connectivity index (χ2n) is 5.72. The van der Waals surface area contributed by atoms with Crippen molar-refractivity contribution in [2.45, 2.75) is 71.3 Å². The molecule has 0 saturated carbocycles. The molecule has 0 saturated heterocycles. The standard InChI is InChI=1S/C18H31N/c1-4-5-6-7-8-12-18(19-3)14-13-17-11-9-10-16(2)15-17/h9-11,15,18-19H,4-8,12-14H2,1-3H3. The molecule has 0 heterocycles. The van der Waals surface area contributed by atoms with Crippen LogP contribution in [0.3, 0.4) is 0 Å². The van der Waals surface area contributed by atoms with Gasteiger partial charge in [0, 0.05) is 6.04 Å². The van der Waals surface area contributed by atoms with E-state index in [1.807, 2.05) is 0 Å². The summed E-state index contributed by atoms with van der Waals surface area (Å²) in [5.41, 5.74) is 2.85. The van der Waals surface area contributed by atoms with E-state index in [2.05, 4.69) is 50.5 Å². The van der Waals surface area contributed by atoms with Crippen LogP contribution in [0.25, 0.3) is 0 Å². The predicted octanol–water partition coefficient (Wildman–Crippen LogP) is 4.88. The van der Waals surface area contributed by atoms with Crippen molar-refractivity contribution in [2.75, 3.05) is 7.05 Å². The molecule has 1 rings (SSSR count). The number of unbranched alkanes of at least 4 members (excludes halogenated alkanes) is 4. The summed E-state index contributed by atoms with van der Waals surface area (Å²) in [7, 11) is 2.10. The zero-order valence-electron chi connectivity index (χ0n) is 13.0. The summed E-state index contributed by atoms with van der Waals surface area (Å²) in [6.07, 6.45) is 10.7. The van der Waals surface area contributed by atoms with Crippen molar-refractivity contribution in [1.82, 2.24) is 5.32 Å². The molecule has 0 bridgehead atoms. The van der Waals surface area contributed by atoms with Gasteiger partial charge in [0.1, 0.15) is 0 Å². The second kappa shape index (κ2) is 10.0. The number of nitrogens with one attached hydrogen (secondary N) is 1. The van der Waals surface area contributed by atoms with Crippen LogP contribution in [-0.4, -0.2) is 13.1 Å². The lowest BCUT2D eigenvalue weighted by molar-refractivity contribution is 0.459. The maximum Gasteiger partial charge on any atom is 0.00672 e. The molecule has 1 heteroatoms. The van der Waals surface area contributed by atoms with Crippen LogP contribution in [-0.2, 0) is 6.42 Å². The molecule has 1 N–H and O–H groups in total. The van der Waals surface area contributed by atoms with E-state index >= 15 is 0 Å². The third kappa shape index (κ3) is 7.37. The number of hydrogen-bond donors (Lipinski definition) is 1. The highest BCUT2D eigenvalue weighted by Gasteiger charge is 2.06. The first-order valence-corrected chi connectivity index (χ1v) is 7.99. The van der Waals surface area contributed by atoms with Gasteiger partial charge in [-0.05, 0) is 38.8 Å². The van der Waals surface area contributed by atoms with Crippen molar-refractivity contribution in [3.8, 4) is 0 Å². The molecule has 0 aliphatic carbocycles. The Morgan fingerprint density at radius 3 is 2.53 bits per heavy atom. The summed E-state index contributed by atoms with van der Waals surface area (Å²) >= 11 is 0. The van der Waals surface area contributed by atoms with E-state index in [9.17, 15) is 0 Å². The van der Waals surface area contributed by atoms with Crippen molar-refractivity contribution in [1.29, 1.82) is 0 Å². The van der Waals surface area contributed by atoms with Gasteiger partial charge in [-0.25, -0.2) is 0 Å². The van der Waals surface area contributed by atoms with Gasteiger partial charge in [0.25, 0.3) is 0 Å². The van der Waals surface area contributed by atoms with E-state index in [0.717, 1.165) is 0 Å². The molecule has 0 fully saturated rings. The van der Waals surface area contributed by atoms with Crippen molar-refractivity contribution in [2.24, 2.45) is 0 Å². The fraction of sp³-hybridized carbons (Fsp3) is 0.667. The fourth-order valence-electron chi connectivity index (χ4n) is 2.64. The van der Waals surface area contributed by atoms with Crippen LogP contribution in [0.1, 0.15) is 63.0 Å². The molecule has 1 atom stereocenters. The molecule has 19 heavy (non-hydrogen) atoms. The lowest BCUT2D eigenvalue weighted by Gasteiger charge is -2.16. The Morgan fingerprint density at radius 1 is 1.05 bits per heavy atom. The minimum Gasteiger partial charge on any atom is -0.317 e. The van der Waals surface area contributed by atoms with Crippen LogP contribution in [0.15, 0.2) is 24.3 Å². The van der Waals surface area contributed by atoms with Crippen molar-refractivity contribution >= 4 is 0 Å². The smallest absolute Gasteiger partial charge is 0.00672 e. The van der Waals surface area contributed by atoms with Gasteiger partial charge in [-0.3, -0.25) is 0 Å². The van der Waals surface area contributed by atoms with Gasteiger partial charge < -0.3 is 5.32 Å². The molecule has 1 aromatic rings. The molecule has 0 spiro atoms. The molecule has 1 nitrogen and oxygen atoms in total. The Kier molecular flexibility index (Phi) is 8.57. The molecule has 0 aliphatic heterocycles. The molecule has 1 unspecified atom stereocenters. The van der Waals surface area contributed by atoms with E-state index in [0.29, 0.717) is 6.04 Å². The van der Waals surface area contributed by atoms with Crippen molar-refractivity contribution in [3.63, 3.8) is 0 Å². The minimum atomic E-state index is 0.683. The van der Waals surface area contributed by atoms with Gasteiger partial charge in [0.05, 0.1) is 0 Å². The van der Waals surface area contributed by atoms with Gasteiger partial charge in [0.15, 0.2) is 0 Å². The Morgan fingerprint density at radius 2 is 1.84 bits per heavy atom. The summed E-state index contributed by atoms with van der Waals surface area (Å²) in [6.45, 7) is 4.45. The topological polar surface area (TPSA) is 12.0 Å². The van der Waals surface area contributed by atoms with E-state index in [1.165, 1.54) is 62.5 Å². The molecular formula is C18H31N. The maximum atomic E-state index is 3.48. The van der Waals surface area contributed by atoms with E-state index in [-0.39, 0.29) is 0 Å². The second-order valence-corrected chi connectivity index (χ2v) is 5.72. The Hall–Kier alpha value is -0.820. The minimum absolute atomic E-state index is 0.683. The van der Waals surface area contributed by atoms with Crippen LogP contribution in [0.4, 0.5) is 0 Å². The van der Waals surface area contributed by atoms with Gasteiger partial charge in [0.2, 0.25) is 0 Å². The summed E-state index contributed by atoms with van der Waals surface area (Å²) in [6, 6.07) is 9.59. The highest BCUT2D eigenvalue weighted by molar-refractivity contribution is 5.22. The molecule has 0 aliphatic rings. The van der Waals surface area contributed by atoms with E-state index in [1.54, 1.807) is 0 Å². The zero-order valence-corrected chi connectivity index (χ0v) is 13.0. The van der Waals surface area contributed by atoms with Crippen LogP contribution in [0.2, 0.25) is 0 Å². The first-order chi connectivity index (χ1) is 9.26. The first kappa shape index (κ1) is 16.2. The predicted molar refractivity (Wildman–Crippen MR) is 85.7 cm³/mol. The van der Waals surface area contributed by atoms with Crippen LogP contribution in [0.5, 0.6) is 0 Å². The van der Waals surface area contributed by atoms with Crippen molar-refractivity contribution in [3.05, 3.63) is 35.4 Å². The van der Waals surface area contributed by atoms with Crippen LogP contribution in [0, 0.1) is 6.92 Å². The Bertz CT molecular complexity index is 332. The van der Waals surface area contributed by atoms with Crippen LogP contribution >= 0.6 is 0 Å². The Balaban J connectivity index is 2.21. The molecule has 108 valence electrons.